The van der Waals surface area contributed by atoms with E-state index in [4.69, 9.17) is 25.9 Å². The summed E-state index contributed by atoms with van der Waals surface area (Å²) in [6.45, 7) is 12.1. The van der Waals surface area contributed by atoms with Crippen LogP contribution in [-0.2, 0) is 28.5 Å². The molecule has 0 aromatic heterocycles. The smallest absolute Gasteiger partial charge is 0.405 e. The molecule has 2 bridgehead atoms. The molecule has 2 amide bonds. The monoisotopic (exact) mass is 816 g/mol. The van der Waals surface area contributed by atoms with Gasteiger partial charge in [0.05, 0.1) is 30.5 Å². The minimum atomic E-state index is -1.34. The van der Waals surface area contributed by atoms with Crippen molar-refractivity contribution in [1.82, 2.24) is 10.6 Å². The van der Waals surface area contributed by atoms with Crippen molar-refractivity contribution in [3.05, 3.63) is 35.4 Å². The van der Waals surface area contributed by atoms with Crippen LogP contribution < -0.4 is 22.1 Å². The van der Waals surface area contributed by atoms with Gasteiger partial charge >= 0.3 is 7.12 Å². The van der Waals surface area contributed by atoms with Gasteiger partial charge in [0.2, 0.25) is 11.8 Å². The van der Waals surface area contributed by atoms with Crippen LogP contribution in [0.5, 0.6) is 0 Å². The Hall–Kier alpha value is -3.89. The van der Waals surface area contributed by atoms with Crippen LogP contribution in [-0.4, -0.2) is 96.1 Å². The fourth-order valence-electron chi connectivity index (χ4n) is 8.96. The second kappa shape index (κ2) is 21.6. The number of nitrogens with two attached hydrogens (primary N) is 2. The average molecular weight is 817 g/mol. The van der Waals surface area contributed by atoms with Crippen molar-refractivity contribution in [1.29, 1.82) is 0 Å². The molecule has 1 saturated heterocycles. The third-order valence-electron chi connectivity index (χ3n) is 12.8. The number of nitrogens with one attached hydrogen (secondary N) is 2. The lowest BCUT2D eigenvalue weighted by Gasteiger charge is -2.64. The Bertz CT molecular complexity index is 1780. The van der Waals surface area contributed by atoms with Crippen molar-refractivity contribution in [2.75, 3.05) is 19.7 Å². The maximum absolute atomic E-state index is 13.8. The number of Topliss-reactive ketones (excluding diaryl/α,β-unsaturated/α-hetero) is 3. The van der Waals surface area contributed by atoms with Crippen LogP contribution in [0, 0.1) is 52.8 Å². The second-order valence-corrected chi connectivity index (χ2v) is 17.6. The van der Waals surface area contributed by atoms with Gasteiger partial charge in [-0.15, -0.1) is 0 Å². The Morgan fingerprint density at radius 1 is 0.898 bits per heavy atom. The molecular weight excluding hydrogens is 751 g/mol. The standard InChI is InChI=1S/C45H65BN4O9/c1-28(42(56)49-35(14-10-11-20-47)37(54)24-29(2)46-58-40-27-34-26-39(44(34,4)5)45(40,6)59-46)23-38(55)41(30(3)52)50-43(57)33(19-21-48)25-36(53)32-17-15-31(16-18-32)13-9-7-8-12-22-51/h15-18,28-30,33-35,39-41,51-52H,10-12,14,19-27,47-48H2,1-6H3,(H,49,56)(H,50,57)/t28-,29-,30-,33-,34+,35+,39+,40-,41+,45+/m1/s1. The minimum Gasteiger partial charge on any atom is -0.405 e. The van der Waals surface area contributed by atoms with Gasteiger partial charge < -0.3 is 41.6 Å². The Labute approximate surface area is 350 Å². The normalized spacial score (nSPS) is 24.2. The number of benzene rings is 1. The van der Waals surface area contributed by atoms with Crippen LogP contribution in [0.3, 0.4) is 0 Å². The molecule has 0 unspecified atom stereocenters. The van der Waals surface area contributed by atoms with Crippen LogP contribution in [0.25, 0.3) is 0 Å². The molecular formula is C45H65BN4O9. The zero-order chi connectivity index (χ0) is 43.5. The maximum Gasteiger partial charge on any atom is 0.461 e. The van der Waals surface area contributed by atoms with E-state index < -0.39 is 60.3 Å². The molecule has 59 heavy (non-hydrogen) atoms. The number of ketones is 3. The van der Waals surface area contributed by atoms with Crippen molar-refractivity contribution in [3.63, 3.8) is 0 Å². The minimum absolute atomic E-state index is 0.00957. The fraction of sp³-hybridized carbons (Fsp3) is 0.667. The average Bonchev–Trinajstić information content (AvgIpc) is 3.56. The molecule has 4 fully saturated rings. The molecule has 1 heterocycles. The summed E-state index contributed by atoms with van der Waals surface area (Å²) in [5, 5.41) is 24.9. The summed E-state index contributed by atoms with van der Waals surface area (Å²) in [4.78, 5) is 67.6. The van der Waals surface area contributed by atoms with Gasteiger partial charge in [0.1, 0.15) is 6.04 Å². The van der Waals surface area contributed by atoms with Gasteiger partial charge in [0.25, 0.3) is 0 Å². The van der Waals surface area contributed by atoms with E-state index in [-0.39, 0.29) is 67.7 Å². The molecule has 10 atom stereocenters. The largest absolute Gasteiger partial charge is 0.461 e. The summed E-state index contributed by atoms with van der Waals surface area (Å²) < 4.78 is 13.0. The first-order chi connectivity index (χ1) is 28.0. The lowest BCUT2D eigenvalue weighted by Crippen LogP contribution is -2.65. The number of carbonyl (C=O) groups is 5. The first-order valence-electron chi connectivity index (χ1n) is 21.3. The summed E-state index contributed by atoms with van der Waals surface area (Å²) in [7, 11) is -0.530. The Balaban J connectivity index is 1.33. The summed E-state index contributed by atoms with van der Waals surface area (Å²) >= 11 is 0. The van der Waals surface area contributed by atoms with E-state index in [0.717, 1.165) is 12.8 Å². The van der Waals surface area contributed by atoms with E-state index in [9.17, 15) is 29.1 Å². The van der Waals surface area contributed by atoms with E-state index in [1.165, 1.54) is 6.92 Å². The van der Waals surface area contributed by atoms with Gasteiger partial charge in [-0.05, 0) is 113 Å². The quantitative estimate of drug-likeness (QED) is 0.0432. The molecule has 1 aromatic rings. The first-order valence-corrected chi connectivity index (χ1v) is 21.3. The molecule has 5 rings (SSSR count). The molecule has 4 aliphatic rings. The summed E-state index contributed by atoms with van der Waals surface area (Å²) in [5.41, 5.74) is 12.3. The SMILES string of the molecule is C[C@H](CC(=O)[C@H](CCCCN)NC(=O)[C@H](C)CC(=O)[C@@H](NC(=O)[C@H](CCN)CC(=O)c1ccc(C#CC#CCCO)cc1)[C@@H](C)O)B1O[C@@H]2C[C@@H]3C[C@@H](C3(C)C)[C@]2(C)O1. The number of aliphatic hydroxyl groups is 2. The van der Waals surface area contributed by atoms with Crippen molar-refractivity contribution in [3.8, 4) is 23.7 Å². The number of aliphatic hydroxyl groups excluding tert-OH is 2. The summed E-state index contributed by atoms with van der Waals surface area (Å²) in [6.07, 6.45) is 2.56. The first kappa shape index (κ1) is 47.8. The zero-order valence-electron chi connectivity index (χ0n) is 35.7. The van der Waals surface area contributed by atoms with Gasteiger partial charge in [0.15, 0.2) is 17.3 Å². The van der Waals surface area contributed by atoms with Gasteiger partial charge in [-0.3, -0.25) is 24.0 Å². The Morgan fingerprint density at radius 3 is 2.24 bits per heavy atom. The van der Waals surface area contributed by atoms with Crippen LogP contribution in [0.15, 0.2) is 24.3 Å². The van der Waals surface area contributed by atoms with Gasteiger partial charge in [-0.1, -0.05) is 51.7 Å². The highest BCUT2D eigenvalue weighted by Gasteiger charge is 2.68. The van der Waals surface area contributed by atoms with E-state index in [1.807, 2.05) is 6.92 Å². The molecule has 1 aliphatic heterocycles. The van der Waals surface area contributed by atoms with Crippen molar-refractivity contribution >= 4 is 36.3 Å². The molecule has 1 aromatic carbocycles. The van der Waals surface area contributed by atoms with Crippen LogP contribution in [0.2, 0.25) is 5.82 Å². The van der Waals surface area contributed by atoms with Crippen molar-refractivity contribution in [2.24, 2.45) is 40.6 Å². The van der Waals surface area contributed by atoms with Crippen molar-refractivity contribution < 1.29 is 43.5 Å². The van der Waals surface area contributed by atoms with Gasteiger partial charge in [0, 0.05) is 48.6 Å². The van der Waals surface area contributed by atoms with E-state index in [0.29, 0.717) is 55.2 Å². The summed E-state index contributed by atoms with van der Waals surface area (Å²) in [6, 6.07) is 4.38. The number of hydrogen-bond donors (Lipinski definition) is 6. The highest BCUT2D eigenvalue weighted by molar-refractivity contribution is 6.47. The number of amides is 2. The molecule has 0 radical (unpaired) electrons. The lowest BCUT2D eigenvalue weighted by atomic mass is 9.43. The number of hydrogen-bond acceptors (Lipinski definition) is 11. The fourth-order valence-corrected chi connectivity index (χ4v) is 8.96. The number of unbranched alkanes of at least 4 members (excludes halogenated alkanes) is 1. The maximum atomic E-state index is 13.8. The van der Waals surface area contributed by atoms with E-state index in [1.54, 1.807) is 31.2 Å². The summed E-state index contributed by atoms with van der Waals surface area (Å²) in [5.74, 6) is 7.71. The van der Waals surface area contributed by atoms with Crippen LogP contribution >= 0.6 is 0 Å². The third-order valence-corrected chi connectivity index (χ3v) is 12.8. The van der Waals surface area contributed by atoms with Crippen LogP contribution in [0.1, 0.15) is 122 Å². The zero-order valence-corrected chi connectivity index (χ0v) is 35.7. The molecule has 8 N–H and O–H groups in total. The Kier molecular flexibility index (Phi) is 17.5. The van der Waals surface area contributed by atoms with Crippen molar-refractivity contribution in [2.45, 2.75) is 141 Å². The molecule has 0 spiro atoms. The highest BCUT2D eigenvalue weighted by Crippen LogP contribution is 2.66. The topological polar surface area (TPSA) is 220 Å². The molecule has 3 aliphatic carbocycles. The molecule has 13 nitrogen and oxygen atoms in total. The van der Waals surface area contributed by atoms with Gasteiger partial charge in [-0.25, -0.2) is 0 Å². The molecule has 14 heteroatoms. The lowest BCUT2D eigenvalue weighted by molar-refractivity contribution is -0.199. The third kappa shape index (κ3) is 12.1. The number of carbonyl (C=O) groups excluding carboxylic acids is 5. The predicted octanol–water partition coefficient (Wildman–Crippen LogP) is 3.11. The van der Waals surface area contributed by atoms with E-state index >= 15 is 0 Å². The Morgan fingerprint density at radius 2 is 1.61 bits per heavy atom. The highest BCUT2D eigenvalue weighted by atomic mass is 16.7. The van der Waals surface area contributed by atoms with Crippen LogP contribution in [0.4, 0.5) is 0 Å². The predicted molar refractivity (Wildman–Crippen MR) is 225 cm³/mol. The van der Waals surface area contributed by atoms with Gasteiger partial charge in [-0.2, -0.15) is 0 Å². The van der Waals surface area contributed by atoms with E-state index in [2.05, 4.69) is 55.1 Å². The molecule has 3 saturated carbocycles. The second-order valence-electron chi connectivity index (χ2n) is 17.6. The molecule has 322 valence electrons. The number of rotatable bonds is 22.